The van der Waals surface area contributed by atoms with Crippen LogP contribution in [-0.4, -0.2) is 24.7 Å². The molecule has 4 aromatic rings. The lowest BCUT2D eigenvalue weighted by Gasteiger charge is -2.11. The second-order valence-electron chi connectivity index (χ2n) is 5.21. The molecule has 0 atom stereocenters. The van der Waals surface area contributed by atoms with Gasteiger partial charge in [-0.1, -0.05) is 0 Å². The van der Waals surface area contributed by atoms with E-state index in [2.05, 4.69) is 20.2 Å². The summed E-state index contributed by atoms with van der Waals surface area (Å²) >= 11 is 0. The lowest BCUT2D eigenvalue weighted by atomic mass is 10.2. The molecule has 0 saturated heterocycles. The van der Waals surface area contributed by atoms with Crippen molar-refractivity contribution in [1.29, 1.82) is 0 Å². The number of nitrogens with zero attached hydrogens (tertiary/aromatic N) is 4. The van der Waals surface area contributed by atoms with Crippen LogP contribution in [0, 0.1) is 6.92 Å². The minimum atomic E-state index is -4.58. The van der Waals surface area contributed by atoms with Gasteiger partial charge in [0.05, 0.1) is 11.7 Å². The van der Waals surface area contributed by atoms with Crippen LogP contribution in [0.4, 0.5) is 13.2 Å². The van der Waals surface area contributed by atoms with Gasteiger partial charge in [0, 0.05) is 16.8 Å². The normalized spacial score (nSPS) is 12.3. The number of hydrogen-bond acceptors (Lipinski definition) is 3. The summed E-state index contributed by atoms with van der Waals surface area (Å²) in [6, 6.07) is 8.07. The van der Waals surface area contributed by atoms with Gasteiger partial charge < -0.3 is 0 Å². The molecule has 3 heterocycles. The van der Waals surface area contributed by atoms with Gasteiger partial charge in [0.15, 0.2) is 5.65 Å². The highest BCUT2D eigenvalue weighted by atomic mass is 19.4. The van der Waals surface area contributed by atoms with E-state index in [1.54, 1.807) is 43.5 Å². The fourth-order valence-corrected chi connectivity index (χ4v) is 2.56. The molecule has 0 fully saturated rings. The van der Waals surface area contributed by atoms with Gasteiger partial charge in [-0.15, -0.1) is 0 Å². The second-order valence-corrected chi connectivity index (χ2v) is 5.21. The van der Waals surface area contributed by atoms with E-state index in [0.29, 0.717) is 16.8 Å². The number of benzene rings is 1. The number of halogens is 3. The number of imidazole rings is 1. The number of H-pyrrole nitrogens is 1. The third kappa shape index (κ3) is 2.14. The molecule has 0 spiro atoms. The maximum atomic E-state index is 13.4. The van der Waals surface area contributed by atoms with Crippen LogP contribution >= 0.6 is 0 Å². The van der Waals surface area contributed by atoms with Crippen LogP contribution < -0.4 is 0 Å². The Morgan fingerprint density at radius 3 is 2.70 bits per heavy atom. The molecule has 0 amide bonds. The van der Waals surface area contributed by atoms with Crippen molar-refractivity contribution < 1.29 is 13.2 Å². The van der Waals surface area contributed by atoms with E-state index in [0.717, 1.165) is 10.1 Å². The van der Waals surface area contributed by atoms with Gasteiger partial charge in [0.25, 0.3) is 0 Å². The smallest absolute Gasteiger partial charge is 0.278 e. The molecule has 0 aliphatic rings. The number of pyridine rings is 1. The van der Waals surface area contributed by atoms with Crippen LogP contribution in [0.3, 0.4) is 0 Å². The standard InChI is InChI=1S/C15H10F3N5/c1-8-2-4-12-13(20-8)23(14(21-12)15(16,17)18)10-3-5-11-9(6-10)7-19-22-11/h2-7H,1H3,(H,19,22). The van der Waals surface area contributed by atoms with Crippen LogP contribution in [0.15, 0.2) is 36.5 Å². The second kappa shape index (κ2) is 4.55. The Morgan fingerprint density at radius 2 is 1.91 bits per heavy atom. The minimum Gasteiger partial charge on any atom is -0.278 e. The highest BCUT2D eigenvalue weighted by Gasteiger charge is 2.38. The highest BCUT2D eigenvalue weighted by Crippen LogP contribution is 2.33. The predicted molar refractivity (Wildman–Crippen MR) is 78.3 cm³/mol. The van der Waals surface area contributed by atoms with Gasteiger partial charge in [-0.05, 0) is 37.3 Å². The summed E-state index contributed by atoms with van der Waals surface area (Å²) in [6.45, 7) is 1.73. The Kier molecular flexibility index (Phi) is 2.72. The zero-order valence-corrected chi connectivity index (χ0v) is 11.9. The molecule has 0 bridgehead atoms. The van der Waals surface area contributed by atoms with E-state index in [1.807, 2.05) is 0 Å². The van der Waals surface area contributed by atoms with Crippen molar-refractivity contribution in [1.82, 2.24) is 24.7 Å². The van der Waals surface area contributed by atoms with Gasteiger partial charge in [0.1, 0.15) is 5.52 Å². The number of rotatable bonds is 1. The third-order valence-corrected chi connectivity index (χ3v) is 3.58. The summed E-state index contributed by atoms with van der Waals surface area (Å²) in [5.41, 5.74) is 2.09. The monoisotopic (exact) mass is 317 g/mol. The van der Waals surface area contributed by atoms with Crippen LogP contribution in [0.2, 0.25) is 0 Å². The first-order valence-corrected chi connectivity index (χ1v) is 6.80. The quantitative estimate of drug-likeness (QED) is 0.583. The summed E-state index contributed by atoms with van der Waals surface area (Å²) < 4.78 is 41.2. The summed E-state index contributed by atoms with van der Waals surface area (Å²) in [5, 5.41) is 7.37. The largest absolute Gasteiger partial charge is 0.450 e. The number of fused-ring (bicyclic) bond motifs is 2. The molecule has 1 N–H and O–H groups in total. The fraction of sp³-hybridized carbons (Fsp3) is 0.133. The van der Waals surface area contributed by atoms with Gasteiger partial charge in [-0.3, -0.25) is 9.67 Å². The van der Waals surface area contributed by atoms with Gasteiger partial charge in [0.2, 0.25) is 5.82 Å². The van der Waals surface area contributed by atoms with E-state index < -0.39 is 12.0 Å². The average Bonchev–Trinajstić information content (AvgIpc) is 3.08. The van der Waals surface area contributed by atoms with Crippen molar-refractivity contribution in [3.63, 3.8) is 0 Å². The Hall–Kier alpha value is -2.90. The maximum absolute atomic E-state index is 13.4. The summed E-state index contributed by atoms with van der Waals surface area (Å²) in [6.07, 6.45) is -3.02. The Morgan fingerprint density at radius 1 is 1.09 bits per heavy atom. The molecule has 0 saturated carbocycles. The number of aromatic amines is 1. The van der Waals surface area contributed by atoms with Gasteiger partial charge in [-0.25, -0.2) is 9.97 Å². The molecule has 8 heteroatoms. The van der Waals surface area contributed by atoms with Crippen LogP contribution in [0.1, 0.15) is 11.5 Å². The average molecular weight is 317 g/mol. The first-order valence-electron chi connectivity index (χ1n) is 6.80. The first-order chi connectivity index (χ1) is 10.9. The lowest BCUT2D eigenvalue weighted by molar-refractivity contribution is -0.145. The number of alkyl halides is 3. The molecule has 0 radical (unpaired) electrons. The topological polar surface area (TPSA) is 59.4 Å². The Balaban J connectivity index is 2.08. The van der Waals surface area contributed by atoms with Crippen LogP contribution in [0.5, 0.6) is 0 Å². The van der Waals surface area contributed by atoms with E-state index >= 15 is 0 Å². The lowest BCUT2D eigenvalue weighted by Crippen LogP contribution is -2.14. The van der Waals surface area contributed by atoms with Crippen molar-refractivity contribution >= 4 is 22.1 Å². The minimum absolute atomic E-state index is 0.181. The van der Waals surface area contributed by atoms with Crippen LogP contribution in [-0.2, 0) is 6.18 Å². The van der Waals surface area contributed by atoms with Crippen molar-refractivity contribution in [2.75, 3.05) is 0 Å². The third-order valence-electron chi connectivity index (χ3n) is 3.58. The van der Waals surface area contributed by atoms with E-state index in [-0.39, 0.29) is 11.2 Å². The van der Waals surface area contributed by atoms with E-state index in [1.165, 1.54) is 0 Å². The zero-order valence-electron chi connectivity index (χ0n) is 11.9. The highest BCUT2D eigenvalue weighted by molar-refractivity contribution is 5.82. The first kappa shape index (κ1) is 13.7. The van der Waals surface area contributed by atoms with Crippen molar-refractivity contribution in [2.45, 2.75) is 13.1 Å². The Labute approximate surface area is 127 Å². The zero-order chi connectivity index (χ0) is 16.2. The molecule has 23 heavy (non-hydrogen) atoms. The number of aryl methyl sites for hydroxylation is 1. The molecule has 1 aromatic carbocycles. The van der Waals surface area contributed by atoms with Gasteiger partial charge in [-0.2, -0.15) is 18.3 Å². The molecule has 116 valence electrons. The van der Waals surface area contributed by atoms with Crippen molar-refractivity contribution in [3.05, 3.63) is 48.0 Å². The summed E-state index contributed by atoms with van der Waals surface area (Å²) in [4.78, 5) is 7.95. The SMILES string of the molecule is Cc1ccc2nc(C(F)(F)F)n(-c3ccc4[nH]ncc4c3)c2n1. The molecule has 5 nitrogen and oxygen atoms in total. The van der Waals surface area contributed by atoms with Gasteiger partial charge >= 0.3 is 6.18 Å². The molecule has 3 aromatic heterocycles. The summed E-state index contributed by atoms with van der Waals surface area (Å²) in [5.74, 6) is -0.992. The molecular weight excluding hydrogens is 307 g/mol. The number of aromatic nitrogens is 5. The predicted octanol–water partition coefficient (Wildman–Crippen LogP) is 3.62. The molecule has 4 rings (SSSR count). The Bertz CT molecular complexity index is 1030. The summed E-state index contributed by atoms with van der Waals surface area (Å²) in [7, 11) is 0. The molecule has 0 aliphatic heterocycles. The van der Waals surface area contributed by atoms with Crippen molar-refractivity contribution in [2.24, 2.45) is 0 Å². The van der Waals surface area contributed by atoms with E-state index in [4.69, 9.17) is 0 Å². The number of nitrogens with one attached hydrogen (secondary N) is 1. The van der Waals surface area contributed by atoms with E-state index in [9.17, 15) is 13.2 Å². The molecular formula is C15H10F3N5. The molecule has 0 aliphatic carbocycles. The molecule has 0 unspecified atom stereocenters. The fourth-order valence-electron chi connectivity index (χ4n) is 2.56. The van der Waals surface area contributed by atoms with Crippen molar-refractivity contribution in [3.8, 4) is 5.69 Å². The number of hydrogen-bond donors (Lipinski definition) is 1. The van der Waals surface area contributed by atoms with Crippen LogP contribution in [0.25, 0.3) is 27.8 Å². The maximum Gasteiger partial charge on any atom is 0.450 e.